The van der Waals surface area contributed by atoms with Crippen LogP contribution in [0, 0.1) is 0 Å². The summed E-state index contributed by atoms with van der Waals surface area (Å²) in [4.78, 5) is 12.5. The fraction of sp³-hybridized carbons (Fsp3) is 0.462. The Hall–Kier alpha value is -1.52. The monoisotopic (exact) mass is 257 g/mol. The van der Waals surface area contributed by atoms with Gasteiger partial charge in [0.1, 0.15) is 6.54 Å². The Labute approximate surface area is 103 Å². The van der Waals surface area contributed by atoms with Crippen LogP contribution in [0.2, 0.25) is 0 Å². The molecule has 0 radical (unpaired) electrons. The SMILES string of the molecule is CC(=O)c1ccc(N(CC(F)(F)F)C2CC2)cc1. The molecule has 1 aromatic rings. The number of alkyl halides is 3. The second-order valence-corrected chi connectivity index (χ2v) is 4.58. The van der Waals surface area contributed by atoms with Crippen LogP contribution in [0.5, 0.6) is 0 Å². The predicted octanol–water partition coefficient (Wildman–Crippen LogP) is 3.42. The number of benzene rings is 1. The van der Waals surface area contributed by atoms with Gasteiger partial charge in [0, 0.05) is 17.3 Å². The zero-order valence-corrected chi connectivity index (χ0v) is 10.00. The summed E-state index contributed by atoms with van der Waals surface area (Å²) in [5, 5.41) is 0. The molecule has 2 nitrogen and oxygen atoms in total. The van der Waals surface area contributed by atoms with Crippen molar-refractivity contribution in [3.8, 4) is 0 Å². The molecule has 0 aromatic heterocycles. The molecule has 0 amide bonds. The number of carbonyl (C=O) groups is 1. The lowest BCUT2D eigenvalue weighted by atomic mass is 10.1. The minimum atomic E-state index is -4.21. The van der Waals surface area contributed by atoms with Gasteiger partial charge in [0.15, 0.2) is 5.78 Å². The van der Waals surface area contributed by atoms with Crippen molar-refractivity contribution in [1.82, 2.24) is 0 Å². The van der Waals surface area contributed by atoms with Crippen LogP contribution in [0.4, 0.5) is 18.9 Å². The number of hydrogen-bond acceptors (Lipinski definition) is 2. The smallest absolute Gasteiger partial charge is 0.360 e. The lowest BCUT2D eigenvalue weighted by molar-refractivity contribution is -0.120. The average molecular weight is 257 g/mol. The van der Waals surface area contributed by atoms with E-state index in [1.807, 2.05) is 0 Å². The van der Waals surface area contributed by atoms with Gasteiger partial charge in [0.05, 0.1) is 0 Å². The number of carbonyl (C=O) groups excluding carboxylic acids is 1. The first-order chi connectivity index (χ1) is 8.37. The molecule has 0 atom stereocenters. The minimum absolute atomic E-state index is 0.0187. The van der Waals surface area contributed by atoms with Crippen LogP contribution in [0.25, 0.3) is 0 Å². The van der Waals surface area contributed by atoms with E-state index in [9.17, 15) is 18.0 Å². The van der Waals surface area contributed by atoms with E-state index in [-0.39, 0.29) is 11.8 Å². The number of Topliss-reactive ketones (excluding diaryl/α,β-unsaturated/α-hetero) is 1. The lowest BCUT2D eigenvalue weighted by Gasteiger charge is -2.26. The van der Waals surface area contributed by atoms with E-state index < -0.39 is 12.7 Å². The van der Waals surface area contributed by atoms with E-state index in [4.69, 9.17) is 0 Å². The van der Waals surface area contributed by atoms with Crippen molar-refractivity contribution < 1.29 is 18.0 Å². The Bertz CT molecular complexity index is 435. The summed E-state index contributed by atoms with van der Waals surface area (Å²) in [6, 6.07) is 6.30. The average Bonchev–Trinajstić information content (AvgIpc) is 3.08. The fourth-order valence-corrected chi connectivity index (χ4v) is 1.90. The van der Waals surface area contributed by atoms with E-state index in [2.05, 4.69) is 0 Å². The van der Waals surface area contributed by atoms with Crippen LogP contribution < -0.4 is 4.90 Å². The molecule has 5 heteroatoms. The van der Waals surface area contributed by atoms with Gasteiger partial charge in [-0.25, -0.2) is 0 Å². The van der Waals surface area contributed by atoms with E-state index >= 15 is 0 Å². The molecule has 98 valence electrons. The van der Waals surface area contributed by atoms with Crippen LogP contribution in [-0.4, -0.2) is 24.5 Å². The summed E-state index contributed by atoms with van der Waals surface area (Å²) in [5.41, 5.74) is 1.04. The van der Waals surface area contributed by atoms with Crippen LogP contribution in [0.3, 0.4) is 0 Å². The molecule has 1 aliphatic carbocycles. The van der Waals surface area contributed by atoms with Crippen molar-refractivity contribution in [3.63, 3.8) is 0 Å². The summed E-state index contributed by atoms with van der Waals surface area (Å²) >= 11 is 0. The van der Waals surface area contributed by atoms with Gasteiger partial charge in [0.25, 0.3) is 0 Å². The Kier molecular flexibility index (Phi) is 3.32. The first kappa shape index (κ1) is 12.9. The summed E-state index contributed by atoms with van der Waals surface area (Å²) in [5.74, 6) is -0.0876. The quantitative estimate of drug-likeness (QED) is 0.770. The normalized spacial score (nSPS) is 15.6. The van der Waals surface area contributed by atoms with Crippen LogP contribution in [0.1, 0.15) is 30.1 Å². The van der Waals surface area contributed by atoms with E-state index in [1.165, 1.54) is 11.8 Å². The molecule has 0 heterocycles. The number of hydrogen-bond donors (Lipinski definition) is 0. The Balaban J connectivity index is 2.18. The van der Waals surface area contributed by atoms with Crippen molar-refractivity contribution >= 4 is 11.5 Å². The summed E-state index contributed by atoms with van der Waals surface area (Å²) < 4.78 is 37.5. The maximum absolute atomic E-state index is 12.5. The van der Waals surface area contributed by atoms with Crippen molar-refractivity contribution in [1.29, 1.82) is 0 Å². The largest absolute Gasteiger partial charge is 0.405 e. The number of halogens is 3. The van der Waals surface area contributed by atoms with Crippen molar-refractivity contribution in [2.75, 3.05) is 11.4 Å². The van der Waals surface area contributed by atoms with Gasteiger partial charge >= 0.3 is 6.18 Å². The molecule has 2 rings (SSSR count). The highest BCUT2D eigenvalue weighted by atomic mass is 19.4. The zero-order chi connectivity index (χ0) is 13.3. The molecule has 0 saturated heterocycles. The highest BCUT2D eigenvalue weighted by Crippen LogP contribution is 2.34. The van der Waals surface area contributed by atoms with Gasteiger partial charge in [-0.05, 0) is 44.0 Å². The maximum Gasteiger partial charge on any atom is 0.405 e. The number of anilines is 1. The molecule has 0 aliphatic heterocycles. The topological polar surface area (TPSA) is 20.3 Å². The van der Waals surface area contributed by atoms with Crippen LogP contribution >= 0.6 is 0 Å². The lowest BCUT2D eigenvalue weighted by Crippen LogP contribution is -2.35. The molecule has 0 N–H and O–H groups in total. The molecule has 0 bridgehead atoms. The van der Waals surface area contributed by atoms with Crippen LogP contribution in [0.15, 0.2) is 24.3 Å². The number of rotatable bonds is 4. The molecule has 0 unspecified atom stereocenters. The third-order valence-corrected chi connectivity index (χ3v) is 2.94. The third-order valence-electron chi connectivity index (χ3n) is 2.94. The highest BCUT2D eigenvalue weighted by molar-refractivity contribution is 5.94. The maximum atomic E-state index is 12.5. The van der Waals surface area contributed by atoms with Crippen molar-refractivity contribution in [2.24, 2.45) is 0 Å². The molecule has 1 aromatic carbocycles. The molecular weight excluding hydrogens is 243 g/mol. The number of nitrogens with zero attached hydrogens (tertiary/aromatic N) is 1. The predicted molar refractivity (Wildman–Crippen MR) is 62.9 cm³/mol. The number of ketones is 1. The minimum Gasteiger partial charge on any atom is -0.360 e. The highest BCUT2D eigenvalue weighted by Gasteiger charge is 2.38. The van der Waals surface area contributed by atoms with Gasteiger partial charge < -0.3 is 4.90 Å². The fourth-order valence-electron chi connectivity index (χ4n) is 1.90. The summed E-state index contributed by atoms with van der Waals surface area (Å²) in [6.45, 7) is 0.500. The summed E-state index contributed by atoms with van der Waals surface area (Å²) in [6.07, 6.45) is -2.61. The Morgan fingerprint density at radius 2 is 1.83 bits per heavy atom. The van der Waals surface area contributed by atoms with Gasteiger partial charge in [0.2, 0.25) is 0 Å². The molecule has 0 spiro atoms. The molecule has 1 fully saturated rings. The molecule has 18 heavy (non-hydrogen) atoms. The van der Waals surface area contributed by atoms with Crippen molar-refractivity contribution in [2.45, 2.75) is 32.0 Å². The van der Waals surface area contributed by atoms with E-state index in [1.54, 1.807) is 24.3 Å². The second-order valence-electron chi connectivity index (χ2n) is 4.58. The van der Waals surface area contributed by atoms with E-state index in [0.29, 0.717) is 11.3 Å². The molecular formula is C13H14F3NO. The molecule has 1 saturated carbocycles. The van der Waals surface area contributed by atoms with Crippen molar-refractivity contribution in [3.05, 3.63) is 29.8 Å². The van der Waals surface area contributed by atoms with Gasteiger partial charge in [-0.15, -0.1) is 0 Å². The Morgan fingerprint density at radius 1 is 1.28 bits per heavy atom. The standard InChI is InChI=1S/C13H14F3NO/c1-9(18)10-2-4-11(5-3-10)17(12-6-7-12)8-13(14,15)16/h2-5,12H,6-8H2,1H3. The summed E-state index contributed by atoms with van der Waals surface area (Å²) in [7, 11) is 0. The van der Waals surface area contributed by atoms with Gasteiger partial charge in [-0.3, -0.25) is 4.79 Å². The second kappa shape index (κ2) is 4.63. The third kappa shape index (κ3) is 3.24. The van der Waals surface area contributed by atoms with E-state index in [0.717, 1.165) is 12.8 Å². The first-order valence-electron chi connectivity index (χ1n) is 5.81. The first-order valence-corrected chi connectivity index (χ1v) is 5.81. The van der Waals surface area contributed by atoms with Gasteiger partial charge in [-0.2, -0.15) is 13.2 Å². The van der Waals surface area contributed by atoms with Crippen LogP contribution in [-0.2, 0) is 0 Å². The molecule has 1 aliphatic rings. The zero-order valence-electron chi connectivity index (χ0n) is 10.00. The Morgan fingerprint density at radius 3 is 2.22 bits per heavy atom. The van der Waals surface area contributed by atoms with Gasteiger partial charge in [-0.1, -0.05) is 0 Å².